The molecule has 0 saturated heterocycles. The Morgan fingerprint density at radius 1 is 0.750 bits per heavy atom. The van der Waals surface area contributed by atoms with Gasteiger partial charge in [0.25, 0.3) is 0 Å². The summed E-state index contributed by atoms with van der Waals surface area (Å²) in [5, 5.41) is 0. The number of hydrogen-bond donors (Lipinski definition) is 2. The Morgan fingerprint density at radius 3 is 1.70 bits per heavy atom. The van der Waals surface area contributed by atoms with Gasteiger partial charge in [-0.1, -0.05) is 64.0 Å². The molecular weight excluding hydrogens is 271 g/mol. The first-order valence-corrected chi connectivity index (χ1v) is 10.1. The van der Waals surface area contributed by atoms with E-state index in [2.05, 4.69) is 19.1 Å². The third-order valence-corrected chi connectivity index (χ3v) is 4.36. The highest BCUT2D eigenvalue weighted by atomic mass is 31.2. The SMILES string of the molecule is CCCCCC/C=C\CCCCCCCCP(=O)(O)O. The molecule has 0 spiro atoms. The summed E-state index contributed by atoms with van der Waals surface area (Å²) in [6.07, 6.45) is 18.8. The second-order valence-corrected chi connectivity index (χ2v) is 7.40. The largest absolute Gasteiger partial charge is 0.325 e. The van der Waals surface area contributed by atoms with Gasteiger partial charge in [-0.15, -0.1) is 0 Å². The molecule has 0 aliphatic carbocycles. The van der Waals surface area contributed by atoms with E-state index in [-0.39, 0.29) is 6.16 Å². The van der Waals surface area contributed by atoms with E-state index in [1.165, 1.54) is 57.8 Å². The molecule has 0 saturated carbocycles. The Morgan fingerprint density at radius 2 is 1.20 bits per heavy atom. The van der Waals surface area contributed by atoms with Gasteiger partial charge in [-0.05, 0) is 32.1 Å². The number of allylic oxidation sites excluding steroid dienone is 2. The van der Waals surface area contributed by atoms with E-state index >= 15 is 0 Å². The molecule has 0 amide bonds. The fourth-order valence-corrected chi connectivity index (χ4v) is 2.85. The fourth-order valence-electron chi connectivity index (χ4n) is 2.21. The standard InChI is InChI=1S/C16H33O3P/c1-2-3-4-5-6-7-8-9-10-11-12-13-14-15-16-20(17,18)19/h7-8H,2-6,9-16H2,1H3,(H2,17,18,19)/b8-7-. The van der Waals surface area contributed by atoms with Gasteiger partial charge in [0.05, 0.1) is 0 Å². The lowest BCUT2D eigenvalue weighted by Crippen LogP contribution is -1.88. The van der Waals surface area contributed by atoms with Crippen molar-refractivity contribution in [3.8, 4) is 0 Å². The maximum Gasteiger partial charge on any atom is 0.325 e. The number of hydrogen-bond acceptors (Lipinski definition) is 1. The lowest BCUT2D eigenvalue weighted by molar-refractivity contribution is 0.370. The maximum atomic E-state index is 10.6. The summed E-state index contributed by atoms with van der Waals surface area (Å²) < 4.78 is 10.6. The van der Waals surface area contributed by atoms with Gasteiger partial charge in [-0.3, -0.25) is 4.57 Å². The van der Waals surface area contributed by atoms with E-state index < -0.39 is 7.60 Å². The van der Waals surface area contributed by atoms with Gasteiger partial charge < -0.3 is 9.79 Å². The Hall–Kier alpha value is -0.110. The van der Waals surface area contributed by atoms with E-state index in [0.717, 1.165) is 12.8 Å². The monoisotopic (exact) mass is 304 g/mol. The van der Waals surface area contributed by atoms with Gasteiger partial charge in [0.15, 0.2) is 0 Å². The van der Waals surface area contributed by atoms with Crippen molar-refractivity contribution in [1.82, 2.24) is 0 Å². The van der Waals surface area contributed by atoms with Crippen LogP contribution < -0.4 is 0 Å². The van der Waals surface area contributed by atoms with E-state index in [9.17, 15) is 4.57 Å². The van der Waals surface area contributed by atoms with Crippen LogP contribution in [-0.2, 0) is 4.57 Å². The van der Waals surface area contributed by atoms with Crippen LogP contribution >= 0.6 is 7.60 Å². The molecule has 0 radical (unpaired) electrons. The lowest BCUT2D eigenvalue weighted by Gasteiger charge is -2.03. The van der Waals surface area contributed by atoms with Gasteiger partial charge in [0.1, 0.15) is 0 Å². The minimum atomic E-state index is -3.76. The second-order valence-electron chi connectivity index (χ2n) is 5.62. The van der Waals surface area contributed by atoms with Gasteiger partial charge in [-0.25, -0.2) is 0 Å². The normalized spacial score (nSPS) is 12.3. The van der Waals surface area contributed by atoms with Crippen molar-refractivity contribution in [2.75, 3.05) is 6.16 Å². The summed E-state index contributed by atoms with van der Waals surface area (Å²) in [5.74, 6) is 0. The van der Waals surface area contributed by atoms with Crippen LogP contribution in [0.15, 0.2) is 12.2 Å². The zero-order valence-electron chi connectivity index (χ0n) is 13.1. The highest BCUT2D eigenvalue weighted by Gasteiger charge is 2.10. The summed E-state index contributed by atoms with van der Waals surface area (Å²) >= 11 is 0. The van der Waals surface area contributed by atoms with Crippen LogP contribution in [-0.4, -0.2) is 15.9 Å². The van der Waals surface area contributed by atoms with Crippen molar-refractivity contribution in [3.63, 3.8) is 0 Å². The van der Waals surface area contributed by atoms with Crippen molar-refractivity contribution in [3.05, 3.63) is 12.2 Å². The van der Waals surface area contributed by atoms with Crippen molar-refractivity contribution < 1.29 is 14.4 Å². The van der Waals surface area contributed by atoms with E-state index in [1.807, 2.05) is 0 Å². The molecular formula is C16H33O3P. The first-order chi connectivity index (χ1) is 9.56. The maximum absolute atomic E-state index is 10.6. The smallest absolute Gasteiger partial charge is 0.324 e. The Labute approximate surface area is 125 Å². The van der Waals surface area contributed by atoms with Crippen LogP contribution in [0.25, 0.3) is 0 Å². The molecule has 0 aromatic heterocycles. The Kier molecular flexibility index (Phi) is 13.8. The van der Waals surface area contributed by atoms with Gasteiger partial charge in [0.2, 0.25) is 0 Å². The predicted octanol–water partition coefficient (Wildman–Crippen LogP) is 5.42. The van der Waals surface area contributed by atoms with E-state index in [0.29, 0.717) is 6.42 Å². The quantitative estimate of drug-likeness (QED) is 0.256. The third-order valence-electron chi connectivity index (χ3n) is 3.46. The summed E-state index contributed by atoms with van der Waals surface area (Å²) in [6, 6.07) is 0. The van der Waals surface area contributed by atoms with Crippen molar-refractivity contribution in [2.45, 2.75) is 84.0 Å². The van der Waals surface area contributed by atoms with Crippen LogP contribution in [0.5, 0.6) is 0 Å². The highest BCUT2D eigenvalue weighted by molar-refractivity contribution is 7.51. The average molecular weight is 304 g/mol. The number of rotatable bonds is 14. The first-order valence-electron chi connectivity index (χ1n) is 8.26. The second kappa shape index (κ2) is 13.9. The predicted molar refractivity (Wildman–Crippen MR) is 87.1 cm³/mol. The van der Waals surface area contributed by atoms with Crippen LogP contribution in [0.4, 0.5) is 0 Å². The molecule has 3 nitrogen and oxygen atoms in total. The zero-order valence-corrected chi connectivity index (χ0v) is 14.0. The summed E-state index contributed by atoms with van der Waals surface area (Å²) in [7, 11) is -3.76. The molecule has 0 aliphatic rings. The van der Waals surface area contributed by atoms with Crippen molar-refractivity contribution in [2.24, 2.45) is 0 Å². The lowest BCUT2D eigenvalue weighted by atomic mass is 10.1. The van der Waals surface area contributed by atoms with Gasteiger partial charge in [0, 0.05) is 6.16 Å². The summed E-state index contributed by atoms with van der Waals surface area (Å²) in [5.41, 5.74) is 0. The average Bonchev–Trinajstić information content (AvgIpc) is 2.38. The molecule has 0 bridgehead atoms. The molecule has 0 fully saturated rings. The molecule has 0 heterocycles. The highest BCUT2D eigenvalue weighted by Crippen LogP contribution is 2.35. The van der Waals surface area contributed by atoms with Crippen molar-refractivity contribution >= 4 is 7.60 Å². The molecule has 0 atom stereocenters. The summed E-state index contributed by atoms with van der Waals surface area (Å²) in [4.78, 5) is 17.4. The van der Waals surface area contributed by atoms with Crippen molar-refractivity contribution in [1.29, 1.82) is 0 Å². The van der Waals surface area contributed by atoms with Crippen LogP contribution in [0, 0.1) is 0 Å². The molecule has 0 aromatic carbocycles. The van der Waals surface area contributed by atoms with Crippen LogP contribution in [0.2, 0.25) is 0 Å². The van der Waals surface area contributed by atoms with Gasteiger partial charge >= 0.3 is 7.60 Å². The fraction of sp³-hybridized carbons (Fsp3) is 0.875. The van der Waals surface area contributed by atoms with E-state index in [4.69, 9.17) is 9.79 Å². The molecule has 120 valence electrons. The minimum absolute atomic E-state index is 0.0494. The zero-order chi connectivity index (χ0) is 15.1. The minimum Gasteiger partial charge on any atom is -0.324 e. The summed E-state index contributed by atoms with van der Waals surface area (Å²) in [6.45, 7) is 2.24. The molecule has 4 heteroatoms. The number of unbranched alkanes of at least 4 members (excludes halogenated alkanes) is 10. The molecule has 20 heavy (non-hydrogen) atoms. The van der Waals surface area contributed by atoms with E-state index in [1.54, 1.807) is 0 Å². The molecule has 0 aromatic rings. The molecule has 0 rings (SSSR count). The Balaban J connectivity index is 3.13. The van der Waals surface area contributed by atoms with Crippen LogP contribution in [0.3, 0.4) is 0 Å². The molecule has 0 unspecified atom stereocenters. The molecule has 0 aliphatic heterocycles. The topological polar surface area (TPSA) is 57.5 Å². The molecule has 2 N–H and O–H groups in total. The Bertz CT molecular complexity index is 271. The van der Waals surface area contributed by atoms with Gasteiger partial charge in [-0.2, -0.15) is 0 Å². The first kappa shape index (κ1) is 19.9. The third kappa shape index (κ3) is 17.9. The van der Waals surface area contributed by atoms with Crippen LogP contribution in [0.1, 0.15) is 84.0 Å².